The van der Waals surface area contributed by atoms with Crippen LogP contribution in [0.2, 0.25) is 0 Å². The van der Waals surface area contributed by atoms with Gasteiger partial charge in [-0.25, -0.2) is 4.74 Å². The van der Waals surface area contributed by atoms with Gasteiger partial charge in [0.05, 0.1) is 0 Å². The first kappa shape index (κ1) is 12.0. The summed E-state index contributed by atoms with van der Waals surface area (Å²) in [7, 11) is 0. The van der Waals surface area contributed by atoms with Crippen molar-refractivity contribution in [2.45, 2.75) is 6.54 Å². The van der Waals surface area contributed by atoms with Gasteiger partial charge >= 0.3 is 0 Å². The van der Waals surface area contributed by atoms with Crippen molar-refractivity contribution in [3.8, 4) is 11.5 Å². The molecular weight excluding hydrogens is 230 g/mol. The van der Waals surface area contributed by atoms with E-state index in [4.69, 9.17) is 10.2 Å². The molecule has 2 rings (SSSR count). The highest BCUT2D eigenvalue weighted by Crippen LogP contribution is 2.11. The van der Waals surface area contributed by atoms with Crippen LogP contribution in [-0.2, 0) is 6.54 Å². The lowest BCUT2D eigenvalue weighted by molar-refractivity contribution is -0.469. The molecule has 0 bridgehead atoms. The first-order chi connectivity index (χ1) is 8.63. The largest absolute Gasteiger partial charge is 0.624 e. The summed E-state index contributed by atoms with van der Waals surface area (Å²) < 4.78 is 0.804. The van der Waals surface area contributed by atoms with Crippen LogP contribution in [0.1, 0.15) is 11.1 Å². The van der Waals surface area contributed by atoms with Gasteiger partial charge in [0.25, 0.3) is 0 Å². The summed E-state index contributed by atoms with van der Waals surface area (Å²) in [5, 5.41) is 29.9. The minimum Gasteiger partial charge on any atom is -0.624 e. The second-order valence-corrected chi connectivity index (χ2v) is 3.96. The van der Waals surface area contributed by atoms with Gasteiger partial charge in [-0.2, -0.15) is 0 Å². The monoisotopic (exact) mass is 243 g/mol. The molecule has 0 aliphatic heterocycles. The quantitative estimate of drug-likeness (QED) is 0.376. The second-order valence-electron chi connectivity index (χ2n) is 3.96. The summed E-state index contributed by atoms with van der Waals surface area (Å²) in [6, 6.07) is 12.9. The predicted octanol–water partition coefficient (Wildman–Crippen LogP) is 2.23. The molecule has 4 nitrogen and oxygen atoms in total. The Labute approximate surface area is 105 Å². The van der Waals surface area contributed by atoms with Crippen molar-refractivity contribution in [2.24, 2.45) is 0 Å². The third-order valence-electron chi connectivity index (χ3n) is 2.46. The molecule has 18 heavy (non-hydrogen) atoms. The summed E-state index contributed by atoms with van der Waals surface area (Å²) in [6.07, 6.45) is 1.45. The third kappa shape index (κ3) is 3.25. The molecule has 2 N–H and O–H groups in total. The molecule has 0 aliphatic rings. The van der Waals surface area contributed by atoms with Crippen LogP contribution in [0.3, 0.4) is 0 Å². The Morgan fingerprint density at radius 3 is 1.94 bits per heavy atom. The zero-order valence-corrected chi connectivity index (χ0v) is 9.65. The van der Waals surface area contributed by atoms with Crippen LogP contribution in [-0.4, -0.2) is 21.2 Å². The number of phenolic OH excluding ortho intramolecular Hbond substituents is 2. The van der Waals surface area contributed by atoms with Crippen molar-refractivity contribution in [2.75, 3.05) is 0 Å². The Hall–Kier alpha value is -2.49. The molecule has 0 heterocycles. The lowest BCUT2D eigenvalue weighted by Gasteiger charge is -2.04. The molecule has 2 aromatic rings. The summed E-state index contributed by atoms with van der Waals surface area (Å²) in [6.45, 7) is 0.209. The molecule has 0 aromatic heterocycles. The van der Waals surface area contributed by atoms with Gasteiger partial charge in [0.2, 0.25) is 0 Å². The van der Waals surface area contributed by atoms with Crippen molar-refractivity contribution in [3.05, 3.63) is 64.9 Å². The molecule has 0 saturated heterocycles. The van der Waals surface area contributed by atoms with Gasteiger partial charge < -0.3 is 15.4 Å². The van der Waals surface area contributed by atoms with E-state index in [1.54, 1.807) is 36.4 Å². The van der Waals surface area contributed by atoms with Crippen molar-refractivity contribution in [1.82, 2.24) is 0 Å². The van der Waals surface area contributed by atoms with E-state index < -0.39 is 0 Å². The Morgan fingerprint density at radius 1 is 0.889 bits per heavy atom. The number of phenols is 2. The Balaban J connectivity index is 2.09. The number of aromatic hydroxyl groups is 2. The van der Waals surface area contributed by atoms with E-state index in [1.165, 1.54) is 18.3 Å². The second kappa shape index (κ2) is 5.23. The maximum atomic E-state index is 11.7. The SMILES string of the molecule is [O-]/[N+](=C\c1ccc(O)cc1)Cc1ccc(O)cc1. The highest BCUT2D eigenvalue weighted by Gasteiger charge is 2.00. The molecule has 4 heteroatoms. The first-order valence-corrected chi connectivity index (χ1v) is 5.49. The van der Waals surface area contributed by atoms with E-state index in [9.17, 15) is 5.21 Å². The maximum Gasteiger partial charge on any atom is 0.182 e. The van der Waals surface area contributed by atoms with Crippen molar-refractivity contribution in [1.29, 1.82) is 0 Å². The maximum absolute atomic E-state index is 11.7. The van der Waals surface area contributed by atoms with Crippen molar-refractivity contribution in [3.63, 3.8) is 0 Å². The van der Waals surface area contributed by atoms with E-state index in [2.05, 4.69) is 0 Å². The molecular formula is C14H13NO3. The van der Waals surface area contributed by atoms with Crippen LogP contribution in [0, 0.1) is 5.21 Å². The van der Waals surface area contributed by atoms with Gasteiger partial charge in [-0.3, -0.25) is 0 Å². The van der Waals surface area contributed by atoms with Gasteiger partial charge in [0.15, 0.2) is 12.8 Å². The van der Waals surface area contributed by atoms with E-state index in [-0.39, 0.29) is 18.0 Å². The molecule has 0 unspecified atom stereocenters. The first-order valence-electron chi connectivity index (χ1n) is 5.49. The number of hydrogen-bond donors (Lipinski definition) is 2. The average Bonchev–Trinajstić information content (AvgIpc) is 2.35. The van der Waals surface area contributed by atoms with Crippen LogP contribution >= 0.6 is 0 Å². The van der Waals surface area contributed by atoms with Gasteiger partial charge in [-0.05, 0) is 48.5 Å². The summed E-state index contributed by atoms with van der Waals surface area (Å²) in [4.78, 5) is 0. The Morgan fingerprint density at radius 2 is 1.39 bits per heavy atom. The highest BCUT2D eigenvalue weighted by atomic mass is 16.5. The van der Waals surface area contributed by atoms with Crippen LogP contribution in [0.5, 0.6) is 11.5 Å². The van der Waals surface area contributed by atoms with Crippen LogP contribution in [0.25, 0.3) is 0 Å². The zero-order chi connectivity index (χ0) is 13.0. The predicted molar refractivity (Wildman–Crippen MR) is 68.7 cm³/mol. The molecule has 0 amide bonds. The molecule has 0 saturated carbocycles. The third-order valence-corrected chi connectivity index (χ3v) is 2.46. The van der Waals surface area contributed by atoms with Crippen molar-refractivity contribution < 1.29 is 15.0 Å². The fraction of sp³-hybridized carbons (Fsp3) is 0.0714. The standard InChI is InChI=1S/C14H13NO3/c16-13-5-1-11(2-6-13)9-15(18)10-12-3-7-14(17)8-4-12/h1-9,16-17H,10H2/b15-9-. The summed E-state index contributed by atoms with van der Waals surface area (Å²) >= 11 is 0. The summed E-state index contributed by atoms with van der Waals surface area (Å²) in [5.74, 6) is 0.349. The zero-order valence-electron chi connectivity index (χ0n) is 9.65. The minimum absolute atomic E-state index is 0.170. The average molecular weight is 243 g/mol. The van der Waals surface area contributed by atoms with Gasteiger partial charge in [0, 0.05) is 11.1 Å². The lowest BCUT2D eigenvalue weighted by atomic mass is 10.2. The number of hydroxylamine groups is 1. The number of hydrogen-bond acceptors (Lipinski definition) is 3. The van der Waals surface area contributed by atoms with Crippen LogP contribution in [0.15, 0.2) is 48.5 Å². The van der Waals surface area contributed by atoms with E-state index in [0.29, 0.717) is 0 Å². The molecule has 0 radical (unpaired) electrons. The molecule has 0 spiro atoms. The van der Waals surface area contributed by atoms with Crippen LogP contribution in [0.4, 0.5) is 0 Å². The van der Waals surface area contributed by atoms with Crippen LogP contribution < -0.4 is 0 Å². The fourth-order valence-electron chi connectivity index (χ4n) is 1.55. The normalized spacial score (nSPS) is 11.4. The number of nitrogens with zero attached hydrogens (tertiary/aromatic N) is 1. The van der Waals surface area contributed by atoms with Gasteiger partial charge in [-0.15, -0.1) is 0 Å². The molecule has 0 fully saturated rings. The van der Waals surface area contributed by atoms with E-state index in [0.717, 1.165) is 15.9 Å². The number of benzene rings is 2. The van der Waals surface area contributed by atoms with Crippen molar-refractivity contribution >= 4 is 6.21 Å². The lowest BCUT2D eigenvalue weighted by Crippen LogP contribution is -2.05. The topological polar surface area (TPSA) is 66.5 Å². The Bertz CT molecular complexity index is 544. The van der Waals surface area contributed by atoms with E-state index in [1.807, 2.05) is 0 Å². The molecule has 2 aromatic carbocycles. The molecule has 92 valence electrons. The fourth-order valence-corrected chi connectivity index (χ4v) is 1.55. The van der Waals surface area contributed by atoms with Gasteiger partial charge in [0.1, 0.15) is 11.5 Å². The molecule has 0 aliphatic carbocycles. The summed E-state index contributed by atoms with van der Waals surface area (Å²) in [5.41, 5.74) is 1.54. The van der Waals surface area contributed by atoms with Gasteiger partial charge in [-0.1, -0.05) is 0 Å². The Kier molecular flexibility index (Phi) is 3.48. The smallest absolute Gasteiger partial charge is 0.182 e. The highest BCUT2D eigenvalue weighted by molar-refractivity contribution is 5.75. The van der Waals surface area contributed by atoms with E-state index >= 15 is 0 Å². The molecule has 0 atom stereocenters. The minimum atomic E-state index is 0.170. The number of rotatable bonds is 3.